The Hall–Kier alpha value is -0.710. The maximum Gasteiger partial charge on any atom is 0.243 e. The zero-order valence-corrected chi connectivity index (χ0v) is 12.9. The lowest BCUT2D eigenvalue weighted by molar-refractivity contribution is -0.138. The molecule has 0 aromatic heterocycles. The molecule has 0 bridgehead atoms. The van der Waals surface area contributed by atoms with Crippen molar-refractivity contribution in [1.82, 2.24) is 10.2 Å². The van der Waals surface area contributed by atoms with Crippen molar-refractivity contribution in [1.29, 1.82) is 0 Å². The van der Waals surface area contributed by atoms with Gasteiger partial charge in [-0.3, -0.25) is 9.59 Å². The van der Waals surface area contributed by atoms with Gasteiger partial charge in [-0.2, -0.15) is 0 Å². The Balaban J connectivity index is 1.95. The Morgan fingerprint density at radius 3 is 2.84 bits per heavy atom. The standard InChI is InChI=1S/C14H24N2O2S/c1-4-10(5-2)8-15-13(18)11-9-19-14(3)7-6-12(17)16(11)14/h10-11H,4-9H2,1-3H3,(H,15,18). The molecule has 1 N–H and O–H groups in total. The summed E-state index contributed by atoms with van der Waals surface area (Å²) < 4.78 is 0. The summed E-state index contributed by atoms with van der Waals surface area (Å²) in [6.07, 6.45) is 3.61. The van der Waals surface area contributed by atoms with Crippen LogP contribution in [0.1, 0.15) is 46.5 Å². The fourth-order valence-corrected chi connectivity index (χ4v) is 4.39. The molecular formula is C14H24N2O2S. The first-order chi connectivity index (χ1) is 9.01. The van der Waals surface area contributed by atoms with Gasteiger partial charge in [0.15, 0.2) is 0 Å². The number of carbonyl (C=O) groups is 2. The molecule has 2 aliphatic heterocycles. The van der Waals surface area contributed by atoms with Crippen molar-refractivity contribution in [3.63, 3.8) is 0 Å². The summed E-state index contributed by atoms with van der Waals surface area (Å²) in [5.41, 5.74) is 0. The average Bonchev–Trinajstić information content (AvgIpc) is 2.88. The predicted molar refractivity (Wildman–Crippen MR) is 77.8 cm³/mol. The lowest BCUT2D eigenvalue weighted by atomic mass is 10.0. The van der Waals surface area contributed by atoms with E-state index >= 15 is 0 Å². The van der Waals surface area contributed by atoms with E-state index in [9.17, 15) is 9.59 Å². The highest BCUT2D eigenvalue weighted by Gasteiger charge is 2.52. The van der Waals surface area contributed by atoms with Crippen LogP contribution in [0.25, 0.3) is 0 Å². The zero-order valence-electron chi connectivity index (χ0n) is 12.1. The minimum atomic E-state index is -0.264. The topological polar surface area (TPSA) is 49.4 Å². The number of nitrogens with one attached hydrogen (secondary N) is 1. The monoisotopic (exact) mass is 284 g/mol. The minimum absolute atomic E-state index is 0.0263. The minimum Gasteiger partial charge on any atom is -0.354 e. The lowest BCUT2D eigenvalue weighted by Gasteiger charge is -2.30. The highest BCUT2D eigenvalue weighted by molar-refractivity contribution is 8.01. The van der Waals surface area contributed by atoms with Crippen molar-refractivity contribution in [2.45, 2.75) is 57.4 Å². The van der Waals surface area contributed by atoms with Crippen LogP contribution in [0.4, 0.5) is 0 Å². The van der Waals surface area contributed by atoms with Crippen molar-refractivity contribution in [3.8, 4) is 0 Å². The third kappa shape index (κ3) is 2.76. The Morgan fingerprint density at radius 2 is 2.21 bits per heavy atom. The molecule has 2 fully saturated rings. The molecule has 0 spiro atoms. The van der Waals surface area contributed by atoms with Crippen molar-refractivity contribution in [2.24, 2.45) is 5.92 Å². The molecule has 0 radical (unpaired) electrons. The van der Waals surface area contributed by atoms with E-state index in [1.54, 1.807) is 11.8 Å². The van der Waals surface area contributed by atoms with Gasteiger partial charge in [-0.25, -0.2) is 0 Å². The molecule has 2 aliphatic rings. The van der Waals surface area contributed by atoms with Crippen molar-refractivity contribution >= 4 is 23.6 Å². The van der Waals surface area contributed by atoms with Crippen molar-refractivity contribution in [2.75, 3.05) is 12.3 Å². The van der Waals surface area contributed by atoms with Gasteiger partial charge in [0.05, 0.1) is 4.87 Å². The highest BCUT2D eigenvalue weighted by atomic mass is 32.2. The van der Waals surface area contributed by atoms with Crippen LogP contribution in [0.15, 0.2) is 0 Å². The van der Waals surface area contributed by atoms with Gasteiger partial charge in [-0.1, -0.05) is 26.7 Å². The molecule has 2 unspecified atom stereocenters. The Morgan fingerprint density at radius 1 is 1.53 bits per heavy atom. The summed E-state index contributed by atoms with van der Waals surface area (Å²) in [4.78, 5) is 25.9. The second-order valence-electron chi connectivity index (χ2n) is 5.69. The average molecular weight is 284 g/mol. The summed E-state index contributed by atoms with van der Waals surface area (Å²) in [6, 6.07) is -0.264. The third-order valence-electron chi connectivity index (χ3n) is 4.47. The van der Waals surface area contributed by atoms with Crippen LogP contribution < -0.4 is 5.32 Å². The molecule has 0 aromatic rings. The Bertz CT molecular complexity index is 370. The third-order valence-corrected chi connectivity index (χ3v) is 5.97. The normalized spacial score (nSPS) is 30.0. The van der Waals surface area contributed by atoms with Gasteiger partial charge in [-0.05, 0) is 19.3 Å². The molecule has 0 aliphatic carbocycles. The molecule has 108 valence electrons. The second kappa shape index (κ2) is 5.73. The summed E-state index contributed by atoms with van der Waals surface area (Å²) in [5, 5.41) is 3.03. The van der Waals surface area contributed by atoms with E-state index < -0.39 is 0 Å². The van der Waals surface area contributed by atoms with Crippen molar-refractivity contribution in [3.05, 3.63) is 0 Å². The van der Waals surface area contributed by atoms with Crippen molar-refractivity contribution < 1.29 is 9.59 Å². The van der Waals surface area contributed by atoms with E-state index in [1.165, 1.54) is 0 Å². The van der Waals surface area contributed by atoms with E-state index in [2.05, 4.69) is 26.1 Å². The smallest absolute Gasteiger partial charge is 0.243 e. The quantitative estimate of drug-likeness (QED) is 0.840. The van der Waals surface area contributed by atoms with Crippen LogP contribution in [0.3, 0.4) is 0 Å². The van der Waals surface area contributed by atoms with Gasteiger partial charge < -0.3 is 10.2 Å². The number of amides is 2. The van der Waals surface area contributed by atoms with E-state index in [0.29, 0.717) is 12.3 Å². The van der Waals surface area contributed by atoms with Crippen LogP contribution in [0.2, 0.25) is 0 Å². The number of nitrogens with zero attached hydrogens (tertiary/aromatic N) is 1. The van der Waals surface area contributed by atoms with Crippen LogP contribution >= 0.6 is 11.8 Å². The molecule has 19 heavy (non-hydrogen) atoms. The Kier molecular flexibility index (Phi) is 4.43. The number of hydrogen-bond donors (Lipinski definition) is 1. The summed E-state index contributed by atoms with van der Waals surface area (Å²) >= 11 is 1.75. The molecule has 2 amide bonds. The molecule has 5 heteroatoms. The first-order valence-electron chi connectivity index (χ1n) is 7.25. The van der Waals surface area contributed by atoms with Crippen LogP contribution in [0.5, 0.6) is 0 Å². The fraction of sp³-hybridized carbons (Fsp3) is 0.857. The summed E-state index contributed by atoms with van der Waals surface area (Å²) in [7, 11) is 0. The number of rotatable bonds is 5. The molecule has 2 heterocycles. The number of hydrogen-bond acceptors (Lipinski definition) is 3. The molecular weight excluding hydrogens is 260 g/mol. The largest absolute Gasteiger partial charge is 0.354 e. The Labute approximate surface area is 119 Å². The second-order valence-corrected chi connectivity index (χ2v) is 7.19. The maximum absolute atomic E-state index is 12.3. The number of carbonyl (C=O) groups excluding carboxylic acids is 2. The van der Waals surface area contributed by atoms with E-state index in [0.717, 1.165) is 31.6 Å². The van der Waals surface area contributed by atoms with Crippen LogP contribution in [-0.4, -0.2) is 39.9 Å². The van der Waals surface area contributed by atoms with E-state index in [1.807, 2.05) is 4.90 Å². The summed E-state index contributed by atoms with van der Waals surface area (Å²) in [6.45, 7) is 7.10. The van der Waals surface area contributed by atoms with Crippen LogP contribution in [0, 0.1) is 5.92 Å². The molecule has 2 saturated heterocycles. The zero-order chi connectivity index (χ0) is 14.0. The maximum atomic E-state index is 12.3. The van der Waals surface area contributed by atoms with Gasteiger partial charge in [-0.15, -0.1) is 11.8 Å². The summed E-state index contributed by atoms with van der Waals surface area (Å²) in [5.74, 6) is 1.43. The first kappa shape index (κ1) is 14.7. The molecule has 4 nitrogen and oxygen atoms in total. The molecule has 0 saturated carbocycles. The first-order valence-corrected chi connectivity index (χ1v) is 8.24. The van der Waals surface area contributed by atoms with Gasteiger partial charge in [0.2, 0.25) is 11.8 Å². The SMILES string of the molecule is CCC(CC)CNC(=O)C1CSC2(C)CCC(=O)N12. The van der Waals surface area contributed by atoms with Crippen LogP contribution in [-0.2, 0) is 9.59 Å². The lowest BCUT2D eigenvalue weighted by Crippen LogP contribution is -2.50. The van der Waals surface area contributed by atoms with Gasteiger partial charge >= 0.3 is 0 Å². The number of thioether (sulfide) groups is 1. The van der Waals surface area contributed by atoms with Gasteiger partial charge in [0.25, 0.3) is 0 Å². The van der Waals surface area contributed by atoms with Gasteiger partial charge in [0, 0.05) is 18.7 Å². The molecule has 2 atom stereocenters. The van der Waals surface area contributed by atoms with E-state index in [4.69, 9.17) is 0 Å². The highest BCUT2D eigenvalue weighted by Crippen LogP contribution is 2.47. The van der Waals surface area contributed by atoms with E-state index in [-0.39, 0.29) is 22.7 Å². The van der Waals surface area contributed by atoms with Gasteiger partial charge in [0.1, 0.15) is 6.04 Å². The number of fused-ring (bicyclic) bond motifs is 1. The molecule has 0 aromatic carbocycles. The predicted octanol–water partition coefficient (Wildman–Crippen LogP) is 1.99. The molecule has 2 rings (SSSR count). The fourth-order valence-electron chi connectivity index (χ4n) is 2.95.